The smallest absolute Gasteiger partial charge is 0.136 e. The second-order valence-electron chi connectivity index (χ2n) is 3.38. The van der Waals surface area contributed by atoms with E-state index in [9.17, 15) is 4.79 Å². The summed E-state index contributed by atoms with van der Waals surface area (Å²) < 4.78 is -0.372. The molecule has 0 aromatic heterocycles. The van der Waals surface area contributed by atoms with E-state index in [2.05, 4.69) is 28.1 Å². The molecule has 0 heterocycles. The Bertz CT molecular complexity index is 267. The molecule has 0 aliphatic rings. The van der Waals surface area contributed by atoms with Crippen molar-refractivity contribution in [2.24, 2.45) is 0 Å². The van der Waals surface area contributed by atoms with Crippen LogP contribution in [0.5, 0.6) is 0 Å². The molecule has 1 nitrogen and oxygen atoms in total. The number of aryl methyl sites for hydroxylation is 1. The zero-order valence-electron chi connectivity index (χ0n) is 7.66. The fourth-order valence-corrected chi connectivity index (χ4v) is 1.29. The largest absolute Gasteiger partial charge is 0.302 e. The van der Waals surface area contributed by atoms with Crippen LogP contribution in [0, 0.1) is 0 Å². The zero-order chi connectivity index (χ0) is 9.73. The summed E-state index contributed by atoms with van der Waals surface area (Å²) in [6, 6.07) is 10.2. The molecular weight excluding hydrogens is 228 g/mol. The molecule has 0 fully saturated rings. The molecule has 1 unspecified atom stereocenters. The fourth-order valence-electron chi connectivity index (χ4n) is 1.09. The first-order valence-corrected chi connectivity index (χ1v) is 5.12. The summed E-state index contributed by atoms with van der Waals surface area (Å²) in [7, 11) is 0. The van der Waals surface area contributed by atoms with Crippen LogP contribution in [0.15, 0.2) is 30.3 Å². The molecule has 0 saturated carbocycles. The quantitative estimate of drug-likeness (QED) is 0.585. The molecule has 0 aliphatic heterocycles. The predicted molar refractivity (Wildman–Crippen MR) is 58.2 cm³/mol. The van der Waals surface area contributed by atoms with E-state index in [0.717, 1.165) is 19.1 Å². The number of alkyl halides is 1. The van der Waals surface area contributed by atoms with Gasteiger partial charge in [0.1, 0.15) is 6.29 Å². The third-order valence-electron chi connectivity index (χ3n) is 1.99. The molecule has 0 saturated heterocycles. The lowest BCUT2D eigenvalue weighted by Crippen LogP contribution is -2.17. The van der Waals surface area contributed by atoms with E-state index in [1.807, 2.05) is 25.1 Å². The lowest BCUT2D eigenvalue weighted by atomic mass is 10.0. The van der Waals surface area contributed by atoms with Crippen molar-refractivity contribution in [2.75, 3.05) is 0 Å². The second-order valence-corrected chi connectivity index (χ2v) is 5.19. The van der Waals surface area contributed by atoms with Gasteiger partial charge in [0, 0.05) is 0 Å². The summed E-state index contributed by atoms with van der Waals surface area (Å²) in [6.07, 6.45) is 2.72. The van der Waals surface area contributed by atoms with Crippen molar-refractivity contribution < 1.29 is 4.79 Å². The number of carbonyl (C=O) groups excluding carboxylic acids is 1. The molecule has 0 aliphatic carbocycles. The number of carbonyl (C=O) groups is 1. The minimum Gasteiger partial charge on any atom is -0.302 e. The van der Waals surface area contributed by atoms with E-state index in [4.69, 9.17) is 0 Å². The Morgan fingerprint density at radius 3 is 2.54 bits per heavy atom. The molecule has 70 valence electrons. The van der Waals surface area contributed by atoms with Gasteiger partial charge in [-0.3, -0.25) is 0 Å². The van der Waals surface area contributed by atoms with Crippen LogP contribution in [0.4, 0.5) is 0 Å². The number of rotatable bonds is 4. The van der Waals surface area contributed by atoms with Crippen molar-refractivity contribution in [3.05, 3.63) is 35.9 Å². The summed E-state index contributed by atoms with van der Waals surface area (Å²) in [5, 5.41) is 0. The van der Waals surface area contributed by atoms with Gasteiger partial charge in [-0.1, -0.05) is 46.3 Å². The fraction of sp³-hybridized carbons (Fsp3) is 0.364. The van der Waals surface area contributed by atoms with Crippen molar-refractivity contribution in [2.45, 2.75) is 24.1 Å². The van der Waals surface area contributed by atoms with Crippen LogP contribution < -0.4 is 0 Å². The van der Waals surface area contributed by atoms with Gasteiger partial charge >= 0.3 is 0 Å². The minimum atomic E-state index is -0.372. The molecule has 0 bridgehead atoms. The van der Waals surface area contributed by atoms with E-state index in [1.54, 1.807) is 0 Å². The Hall–Kier alpha value is -0.630. The molecule has 1 aromatic rings. The molecule has 0 N–H and O–H groups in total. The molecule has 0 radical (unpaired) electrons. The second kappa shape index (κ2) is 4.56. The summed E-state index contributed by atoms with van der Waals surface area (Å²) in [6.45, 7) is 1.89. The van der Waals surface area contributed by atoms with Crippen LogP contribution in [0.25, 0.3) is 0 Å². The first kappa shape index (κ1) is 10.5. The lowest BCUT2D eigenvalue weighted by Gasteiger charge is -2.13. The highest BCUT2D eigenvalue weighted by molar-refractivity contribution is 9.10. The van der Waals surface area contributed by atoms with Crippen LogP contribution >= 0.6 is 15.9 Å². The van der Waals surface area contributed by atoms with Crippen LogP contribution in [0.2, 0.25) is 0 Å². The van der Waals surface area contributed by atoms with Gasteiger partial charge in [-0.2, -0.15) is 0 Å². The summed E-state index contributed by atoms with van der Waals surface area (Å²) in [5.74, 6) is 0. The van der Waals surface area contributed by atoms with Crippen LogP contribution in [0.3, 0.4) is 0 Å². The molecule has 13 heavy (non-hydrogen) atoms. The monoisotopic (exact) mass is 240 g/mol. The SMILES string of the molecule is CC(Br)(C=O)CCc1ccccc1. The van der Waals surface area contributed by atoms with E-state index in [0.29, 0.717) is 0 Å². The van der Waals surface area contributed by atoms with Crippen molar-refractivity contribution in [1.82, 2.24) is 0 Å². The molecule has 0 spiro atoms. The highest BCUT2D eigenvalue weighted by Crippen LogP contribution is 2.21. The maximum atomic E-state index is 10.6. The van der Waals surface area contributed by atoms with E-state index in [-0.39, 0.29) is 4.32 Å². The summed E-state index contributed by atoms with van der Waals surface area (Å²) in [4.78, 5) is 10.6. The Kier molecular flexibility index (Phi) is 3.67. The van der Waals surface area contributed by atoms with E-state index < -0.39 is 0 Å². The molecule has 1 rings (SSSR count). The standard InChI is InChI=1S/C11H13BrO/c1-11(12,9-13)8-7-10-5-3-2-4-6-10/h2-6,9H,7-8H2,1H3. The number of hydrogen-bond donors (Lipinski definition) is 0. The summed E-state index contributed by atoms with van der Waals surface area (Å²) in [5.41, 5.74) is 1.27. The average molecular weight is 241 g/mol. The van der Waals surface area contributed by atoms with Gasteiger partial charge in [0.25, 0.3) is 0 Å². The molecule has 2 heteroatoms. The van der Waals surface area contributed by atoms with Crippen LogP contribution in [-0.2, 0) is 11.2 Å². The first-order chi connectivity index (χ1) is 6.14. The summed E-state index contributed by atoms with van der Waals surface area (Å²) >= 11 is 3.37. The van der Waals surface area contributed by atoms with Gasteiger partial charge in [0.05, 0.1) is 4.32 Å². The topological polar surface area (TPSA) is 17.1 Å². The van der Waals surface area contributed by atoms with E-state index in [1.165, 1.54) is 5.56 Å². The predicted octanol–water partition coefficient (Wildman–Crippen LogP) is 2.97. The molecular formula is C11H13BrO. The van der Waals surface area contributed by atoms with E-state index >= 15 is 0 Å². The zero-order valence-corrected chi connectivity index (χ0v) is 9.25. The Balaban J connectivity index is 2.48. The van der Waals surface area contributed by atoms with Gasteiger partial charge in [0.2, 0.25) is 0 Å². The lowest BCUT2D eigenvalue weighted by molar-refractivity contribution is -0.109. The third kappa shape index (κ3) is 3.73. The third-order valence-corrected chi connectivity index (χ3v) is 2.57. The highest BCUT2D eigenvalue weighted by atomic mass is 79.9. The van der Waals surface area contributed by atoms with Crippen molar-refractivity contribution >= 4 is 22.2 Å². The van der Waals surface area contributed by atoms with Gasteiger partial charge in [-0.25, -0.2) is 0 Å². The maximum Gasteiger partial charge on any atom is 0.136 e. The van der Waals surface area contributed by atoms with Crippen molar-refractivity contribution in [3.8, 4) is 0 Å². The van der Waals surface area contributed by atoms with Gasteiger partial charge in [-0.15, -0.1) is 0 Å². The van der Waals surface area contributed by atoms with Crippen molar-refractivity contribution in [3.63, 3.8) is 0 Å². The normalized spacial score (nSPS) is 14.9. The molecule has 0 amide bonds. The highest BCUT2D eigenvalue weighted by Gasteiger charge is 2.17. The van der Waals surface area contributed by atoms with Crippen LogP contribution in [0.1, 0.15) is 18.9 Å². The van der Waals surface area contributed by atoms with Crippen molar-refractivity contribution in [1.29, 1.82) is 0 Å². The average Bonchev–Trinajstić information content (AvgIpc) is 2.17. The number of halogens is 1. The van der Waals surface area contributed by atoms with Gasteiger partial charge < -0.3 is 4.79 Å². The molecule has 1 aromatic carbocycles. The number of benzene rings is 1. The maximum absolute atomic E-state index is 10.6. The minimum absolute atomic E-state index is 0.372. The number of aldehydes is 1. The Morgan fingerprint density at radius 1 is 1.38 bits per heavy atom. The Morgan fingerprint density at radius 2 is 2.00 bits per heavy atom. The Labute approximate surface area is 87.3 Å². The van der Waals surface area contributed by atoms with Gasteiger partial charge in [0.15, 0.2) is 0 Å². The van der Waals surface area contributed by atoms with Crippen LogP contribution in [-0.4, -0.2) is 10.6 Å². The number of hydrogen-bond acceptors (Lipinski definition) is 1. The first-order valence-electron chi connectivity index (χ1n) is 4.33. The van der Waals surface area contributed by atoms with Gasteiger partial charge in [-0.05, 0) is 25.3 Å². The molecule has 1 atom stereocenters.